The second-order valence-electron chi connectivity index (χ2n) is 23.6. The molecule has 0 atom stereocenters. The van der Waals surface area contributed by atoms with Gasteiger partial charge in [-0.05, 0) is 207 Å². The minimum atomic E-state index is 1.04. The highest BCUT2D eigenvalue weighted by molar-refractivity contribution is 4.87. The van der Waals surface area contributed by atoms with Crippen molar-refractivity contribution in [3.63, 3.8) is 0 Å². The molecule has 0 spiro atoms. The van der Waals surface area contributed by atoms with Crippen LogP contribution in [0, 0.1) is 71.0 Å². The van der Waals surface area contributed by atoms with Crippen molar-refractivity contribution >= 4 is 0 Å². The van der Waals surface area contributed by atoms with Crippen molar-refractivity contribution in [2.45, 2.75) is 292 Å². The molecule has 6 aliphatic rings. The van der Waals surface area contributed by atoms with E-state index in [9.17, 15) is 0 Å². The average molecular weight is 872 g/mol. The Kier molecular flexibility index (Phi) is 30.0. The maximum Gasteiger partial charge on any atom is -0.0348 e. The Morgan fingerprint density at radius 2 is 0.492 bits per heavy atom. The monoisotopic (exact) mass is 871 g/mol. The van der Waals surface area contributed by atoms with E-state index in [0.29, 0.717) is 0 Å². The minimum Gasteiger partial charge on any atom is -0.0917 e. The van der Waals surface area contributed by atoms with Crippen molar-refractivity contribution in [3.8, 4) is 0 Å². The molecule has 0 N–H and O–H groups in total. The van der Waals surface area contributed by atoms with E-state index in [4.69, 9.17) is 0 Å². The third-order valence-electron chi connectivity index (χ3n) is 19.2. The first-order valence-electron chi connectivity index (χ1n) is 29.8. The fraction of sp³-hybridized carbons (Fsp3) is 0.905. The van der Waals surface area contributed by atoms with E-state index in [1.807, 2.05) is 0 Å². The molecule has 0 aliphatic heterocycles. The van der Waals surface area contributed by atoms with Crippen LogP contribution in [0.5, 0.6) is 0 Å². The van der Waals surface area contributed by atoms with Crippen LogP contribution >= 0.6 is 0 Å². The van der Waals surface area contributed by atoms with Gasteiger partial charge in [-0.15, -0.1) is 0 Å². The Balaban J connectivity index is 0.000000208. The van der Waals surface area contributed by atoms with Crippen LogP contribution < -0.4 is 0 Å². The molecule has 0 aromatic rings. The van der Waals surface area contributed by atoms with Crippen LogP contribution in [0.15, 0.2) is 36.5 Å². The third-order valence-corrected chi connectivity index (χ3v) is 19.2. The first kappa shape index (κ1) is 54.8. The predicted octanol–water partition coefficient (Wildman–Crippen LogP) is 21.4. The van der Waals surface area contributed by atoms with Crippen LogP contribution in [0.4, 0.5) is 0 Å². The molecule has 0 unspecified atom stereocenters. The largest absolute Gasteiger partial charge is 0.0917 e. The van der Waals surface area contributed by atoms with Gasteiger partial charge in [0.2, 0.25) is 0 Å². The number of unbranched alkanes of at least 4 members (excludes halogenated alkanes) is 3. The Morgan fingerprint density at radius 3 is 0.730 bits per heavy atom. The van der Waals surface area contributed by atoms with Gasteiger partial charge in [0.25, 0.3) is 0 Å². The van der Waals surface area contributed by atoms with Gasteiger partial charge in [0.1, 0.15) is 0 Å². The lowest BCUT2D eigenvalue weighted by atomic mass is 9.68. The molecule has 0 amide bonds. The van der Waals surface area contributed by atoms with E-state index in [0.717, 1.165) is 71.0 Å². The highest BCUT2D eigenvalue weighted by Gasteiger charge is 2.33. The second-order valence-corrected chi connectivity index (χ2v) is 23.6. The molecular formula is C63H114. The summed E-state index contributed by atoms with van der Waals surface area (Å²) in [6.07, 6.45) is 72.1. The van der Waals surface area contributed by atoms with Gasteiger partial charge in [0, 0.05) is 0 Å². The summed E-state index contributed by atoms with van der Waals surface area (Å²) >= 11 is 0. The molecule has 0 nitrogen and oxygen atoms in total. The molecule has 0 heteroatoms. The van der Waals surface area contributed by atoms with Crippen molar-refractivity contribution in [2.75, 3.05) is 0 Å². The SMILES string of the molecule is C/C=C/CCC1CCC(C2CCC(CCC)CC2)CC1.C/C=C/CCC1CCC(C2CCC(CCCC)CC2)CC1.C/C=C/CCC1CCC(C2CCC(CCCCC)CC2)CC1. The van der Waals surface area contributed by atoms with Gasteiger partial charge in [-0.1, -0.05) is 192 Å². The molecular weight excluding hydrogens is 757 g/mol. The molecule has 6 fully saturated rings. The fourth-order valence-corrected chi connectivity index (χ4v) is 14.8. The Hall–Kier alpha value is -0.780. The summed E-state index contributed by atoms with van der Waals surface area (Å²) < 4.78 is 0. The van der Waals surface area contributed by atoms with E-state index in [1.54, 1.807) is 116 Å². The van der Waals surface area contributed by atoms with Gasteiger partial charge in [-0.25, -0.2) is 0 Å². The molecule has 63 heavy (non-hydrogen) atoms. The van der Waals surface area contributed by atoms with Crippen molar-refractivity contribution in [1.82, 2.24) is 0 Å². The Morgan fingerprint density at radius 1 is 0.254 bits per heavy atom. The molecule has 6 aliphatic carbocycles. The third kappa shape index (κ3) is 22.3. The zero-order chi connectivity index (χ0) is 44.7. The molecule has 0 saturated heterocycles. The summed E-state index contributed by atoms with van der Waals surface area (Å²) in [5, 5.41) is 0. The maximum atomic E-state index is 2.35. The summed E-state index contributed by atoms with van der Waals surface area (Å²) in [7, 11) is 0. The minimum absolute atomic E-state index is 1.04. The zero-order valence-corrected chi connectivity index (χ0v) is 44.0. The molecule has 0 radical (unpaired) electrons. The van der Waals surface area contributed by atoms with Crippen molar-refractivity contribution in [3.05, 3.63) is 36.5 Å². The smallest absolute Gasteiger partial charge is 0.0348 e. The van der Waals surface area contributed by atoms with E-state index < -0.39 is 0 Å². The highest BCUT2D eigenvalue weighted by atomic mass is 14.4. The van der Waals surface area contributed by atoms with Crippen molar-refractivity contribution < 1.29 is 0 Å². The van der Waals surface area contributed by atoms with Crippen LogP contribution in [0.25, 0.3) is 0 Å². The maximum absolute atomic E-state index is 2.35. The lowest BCUT2D eigenvalue weighted by molar-refractivity contribution is 0.140. The van der Waals surface area contributed by atoms with Gasteiger partial charge in [0.15, 0.2) is 0 Å². The second kappa shape index (κ2) is 34.5. The molecule has 0 aromatic carbocycles. The van der Waals surface area contributed by atoms with Crippen LogP contribution in [-0.2, 0) is 0 Å². The number of allylic oxidation sites excluding steroid dienone is 6. The van der Waals surface area contributed by atoms with Gasteiger partial charge in [0.05, 0.1) is 0 Å². The summed E-state index contributed by atoms with van der Waals surface area (Å²) in [6.45, 7) is 13.4. The molecule has 366 valence electrons. The van der Waals surface area contributed by atoms with Gasteiger partial charge >= 0.3 is 0 Å². The molecule has 0 aromatic heterocycles. The summed E-state index contributed by atoms with van der Waals surface area (Å²) in [5.74, 6) is 12.9. The van der Waals surface area contributed by atoms with Crippen molar-refractivity contribution in [1.29, 1.82) is 0 Å². The standard InChI is InChI=1S/C22H40.C21H38.C20H36/c1-3-5-7-9-19-11-15-21(16-12-19)22-17-13-20(14-18-22)10-8-6-4-2;1-3-5-7-9-19-12-16-21(17-13-19)20-14-10-18(11-15-20)8-6-4-2;1-3-5-6-8-18-11-15-20(16-12-18)19-13-9-17(7-4-2)10-14-19/h3,5,19-22H,4,6-18H2,1-2H3;3,5,18-21H,4,6-17H2,1-2H3;3,5,17-20H,4,6-16H2,1-2H3/b3*5-3+. The summed E-state index contributed by atoms with van der Waals surface area (Å²) in [6, 6.07) is 0. The van der Waals surface area contributed by atoms with Gasteiger partial charge in [-0.2, -0.15) is 0 Å². The van der Waals surface area contributed by atoms with Gasteiger partial charge in [-0.3, -0.25) is 0 Å². The van der Waals surface area contributed by atoms with Crippen LogP contribution in [-0.4, -0.2) is 0 Å². The van der Waals surface area contributed by atoms with Crippen LogP contribution in [0.1, 0.15) is 292 Å². The van der Waals surface area contributed by atoms with Gasteiger partial charge < -0.3 is 0 Å². The summed E-state index contributed by atoms with van der Waals surface area (Å²) in [5.41, 5.74) is 0. The van der Waals surface area contributed by atoms with E-state index >= 15 is 0 Å². The zero-order valence-electron chi connectivity index (χ0n) is 44.0. The predicted molar refractivity (Wildman–Crippen MR) is 283 cm³/mol. The fourth-order valence-electron chi connectivity index (χ4n) is 14.8. The number of rotatable bonds is 21. The summed E-state index contributed by atoms with van der Waals surface area (Å²) in [4.78, 5) is 0. The average Bonchev–Trinajstić information content (AvgIpc) is 3.33. The van der Waals surface area contributed by atoms with Crippen LogP contribution in [0.2, 0.25) is 0 Å². The first-order valence-corrected chi connectivity index (χ1v) is 29.8. The Labute approximate surface area is 397 Å². The molecule has 6 saturated carbocycles. The van der Waals surface area contributed by atoms with Crippen molar-refractivity contribution in [2.24, 2.45) is 71.0 Å². The lowest BCUT2D eigenvalue weighted by Gasteiger charge is -2.38. The quantitative estimate of drug-likeness (QED) is 0.0796. The van der Waals surface area contributed by atoms with E-state index in [2.05, 4.69) is 78.0 Å². The van der Waals surface area contributed by atoms with Crippen LogP contribution in [0.3, 0.4) is 0 Å². The molecule has 0 bridgehead atoms. The van der Waals surface area contributed by atoms with E-state index in [1.165, 1.54) is 135 Å². The highest BCUT2D eigenvalue weighted by Crippen LogP contribution is 2.46. The lowest BCUT2D eigenvalue weighted by Crippen LogP contribution is -2.25. The normalized spacial score (nSPS) is 34.4. The molecule has 6 rings (SSSR count). The topological polar surface area (TPSA) is 0 Å². The Bertz CT molecular complexity index is 1110. The van der Waals surface area contributed by atoms with E-state index in [-0.39, 0.29) is 0 Å². The number of hydrogen-bond donors (Lipinski definition) is 0. The molecule has 0 heterocycles. The first-order chi connectivity index (χ1) is 31.0. The number of hydrogen-bond acceptors (Lipinski definition) is 0.